The lowest BCUT2D eigenvalue weighted by molar-refractivity contribution is 1.04. The molecule has 0 bridgehead atoms. The summed E-state index contributed by atoms with van der Waals surface area (Å²) in [7, 11) is 0. The zero-order valence-corrected chi connectivity index (χ0v) is 15.9. The number of fused-ring (bicyclic) bond motifs is 1. The third-order valence-electron chi connectivity index (χ3n) is 4.73. The summed E-state index contributed by atoms with van der Waals surface area (Å²) in [5, 5.41) is 9.26. The summed E-state index contributed by atoms with van der Waals surface area (Å²) in [4.78, 5) is 4.85. The van der Waals surface area contributed by atoms with Gasteiger partial charge in [0.05, 0.1) is 5.02 Å². The molecule has 136 valence electrons. The summed E-state index contributed by atoms with van der Waals surface area (Å²) >= 11 is 6.50. The topological polar surface area (TPSA) is 48.0 Å². The number of aryl methyl sites for hydroxylation is 1. The van der Waals surface area contributed by atoms with E-state index in [9.17, 15) is 0 Å². The fraction of sp³-hybridized carbons (Fsp3) is 0.0455. The second-order valence-electron chi connectivity index (χ2n) is 6.58. The lowest BCUT2D eigenvalue weighted by Crippen LogP contribution is -2.00. The minimum atomic E-state index is 0.647. The molecule has 0 aliphatic heterocycles. The van der Waals surface area contributed by atoms with E-state index in [0.29, 0.717) is 10.8 Å². The van der Waals surface area contributed by atoms with Gasteiger partial charge in [-0.15, -0.1) is 10.2 Å². The highest BCUT2D eigenvalue weighted by Crippen LogP contribution is 2.36. The molecule has 5 rings (SSSR count). The molecule has 3 heterocycles. The fourth-order valence-corrected chi connectivity index (χ4v) is 3.57. The first kappa shape index (κ1) is 16.7. The Morgan fingerprint density at radius 3 is 2.50 bits per heavy atom. The molecule has 5 aromatic rings. The van der Waals surface area contributed by atoms with Gasteiger partial charge in [0, 0.05) is 17.4 Å². The molecule has 0 saturated carbocycles. The molecule has 0 fully saturated rings. The van der Waals surface area contributed by atoms with Crippen molar-refractivity contribution >= 4 is 17.2 Å². The van der Waals surface area contributed by atoms with Crippen LogP contribution in [0.1, 0.15) is 5.56 Å². The van der Waals surface area contributed by atoms with Crippen molar-refractivity contribution in [1.82, 2.24) is 24.1 Å². The van der Waals surface area contributed by atoms with E-state index in [4.69, 9.17) is 16.6 Å². The number of hydrogen-bond donors (Lipinski definition) is 0. The molecular weight excluding hydrogens is 370 g/mol. The molecule has 0 N–H and O–H groups in total. The largest absolute Gasteiger partial charge is 0.296 e. The van der Waals surface area contributed by atoms with Gasteiger partial charge in [0.25, 0.3) is 0 Å². The van der Waals surface area contributed by atoms with Crippen molar-refractivity contribution in [3.63, 3.8) is 0 Å². The lowest BCUT2D eigenvalue weighted by Gasteiger charge is -2.09. The van der Waals surface area contributed by atoms with Crippen LogP contribution in [0.2, 0.25) is 5.02 Å². The third-order valence-corrected chi connectivity index (χ3v) is 5.06. The van der Waals surface area contributed by atoms with Gasteiger partial charge in [-0.25, -0.2) is 4.98 Å². The van der Waals surface area contributed by atoms with Gasteiger partial charge in [0.15, 0.2) is 5.82 Å². The number of benzene rings is 2. The number of halogens is 1. The summed E-state index contributed by atoms with van der Waals surface area (Å²) in [6, 6.07) is 21.9. The number of rotatable bonds is 3. The molecular formula is C22H16ClN5. The van der Waals surface area contributed by atoms with E-state index in [0.717, 1.165) is 28.3 Å². The standard InChI is InChI=1S/C22H16ClN5/c1-15-9-11-16(12-10-15)28-14-24-26-22(28)21-20(17-6-2-3-7-18(17)23)25-19-8-4-5-13-27(19)21/h2-14H,1H3. The van der Waals surface area contributed by atoms with Crippen molar-refractivity contribution in [2.45, 2.75) is 6.92 Å². The van der Waals surface area contributed by atoms with Crippen molar-refractivity contribution in [1.29, 1.82) is 0 Å². The number of nitrogens with zero attached hydrogens (tertiary/aromatic N) is 5. The Hall–Kier alpha value is -3.44. The molecule has 5 nitrogen and oxygen atoms in total. The van der Waals surface area contributed by atoms with Crippen molar-refractivity contribution in [3.8, 4) is 28.5 Å². The van der Waals surface area contributed by atoms with Crippen LogP contribution in [0.3, 0.4) is 0 Å². The predicted molar refractivity (Wildman–Crippen MR) is 111 cm³/mol. The Balaban J connectivity index is 1.81. The van der Waals surface area contributed by atoms with Crippen molar-refractivity contribution in [2.75, 3.05) is 0 Å². The van der Waals surface area contributed by atoms with E-state index >= 15 is 0 Å². The highest BCUT2D eigenvalue weighted by molar-refractivity contribution is 6.33. The van der Waals surface area contributed by atoms with Crippen LogP contribution in [0.25, 0.3) is 34.1 Å². The summed E-state index contributed by atoms with van der Waals surface area (Å²) in [6.45, 7) is 2.07. The lowest BCUT2D eigenvalue weighted by atomic mass is 10.1. The van der Waals surface area contributed by atoms with Gasteiger partial charge >= 0.3 is 0 Å². The van der Waals surface area contributed by atoms with Crippen molar-refractivity contribution in [3.05, 3.63) is 89.8 Å². The predicted octanol–water partition coefficient (Wildman–Crippen LogP) is 5.21. The number of pyridine rings is 1. The zero-order valence-electron chi connectivity index (χ0n) is 15.1. The van der Waals surface area contributed by atoms with Gasteiger partial charge in [0.1, 0.15) is 23.4 Å². The number of aromatic nitrogens is 5. The highest BCUT2D eigenvalue weighted by Gasteiger charge is 2.22. The van der Waals surface area contributed by atoms with Crippen LogP contribution in [0.4, 0.5) is 0 Å². The summed E-state index contributed by atoms with van der Waals surface area (Å²) in [5.41, 5.74) is 5.50. The average molecular weight is 386 g/mol. The maximum absolute atomic E-state index is 6.50. The van der Waals surface area contributed by atoms with E-state index in [1.165, 1.54) is 5.56 Å². The summed E-state index contributed by atoms with van der Waals surface area (Å²) < 4.78 is 3.99. The van der Waals surface area contributed by atoms with Gasteiger partial charge in [-0.3, -0.25) is 8.97 Å². The fourth-order valence-electron chi connectivity index (χ4n) is 3.34. The van der Waals surface area contributed by atoms with Crippen LogP contribution >= 0.6 is 11.6 Å². The summed E-state index contributed by atoms with van der Waals surface area (Å²) in [6.07, 6.45) is 3.70. The van der Waals surface area contributed by atoms with E-state index in [2.05, 4.69) is 41.4 Å². The van der Waals surface area contributed by atoms with Gasteiger partial charge in [0.2, 0.25) is 0 Å². The first-order valence-electron chi connectivity index (χ1n) is 8.92. The minimum Gasteiger partial charge on any atom is -0.296 e. The molecule has 0 spiro atoms. The highest BCUT2D eigenvalue weighted by atomic mass is 35.5. The Labute approximate surface area is 166 Å². The molecule has 0 aliphatic carbocycles. The van der Waals surface area contributed by atoms with Crippen LogP contribution in [0, 0.1) is 6.92 Å². The molecule has 2 aromatic carbocycles. The molecule has 28 heavy (non-hydrogen) atoms. The van der Waals surface area contributed by atoms with E-state index < -0.39 is 0 Å². The molecule has 0 aliphatic rings. The molecule has 0 saturated heterocycles. The van der Waals surface area contributed by atoms with Crippen LogP contribution in [-0.4, -0.2) is 24.1 Å². The average Bonchev–Trinajstić information content (AvgIpc) is 3.33. The first-order valence-corrected chi connectivity index (χ1v) is 9.29. The van der Waals surface area contributed by atoms with Crippen LogP contribution < -0.4 is 0 Å². The Morgan fingerprint density at radius 2 is 1.68 bits per heavy atom. The molecule has 0 amide bonds. The van der Waals surface area contributed by atoms with Crippen LogP contribution in [0.15, 0.2) is 79.3 Å². The van der Waals surface area contributed by atoms with Gasteiger partial charge in [-0.1, -0.05) is 53.6 Å². The van der Waals surface area contributed by atoms with Gasteiger partial charge in [-0.05, 0) is 37.3 Å². The third kappa shape index (κ3) is 2.68. The zero-order chi connectivity index (χ0) is 19.1. The Kier molecular flexibility index (Phi) is 3.95. The van der Waals surface area contributed by atoms with Gasteiger partial charge < -0.3 is 0 Å². The van der Waals surface area contributed by atoms with Crippen molar-refractivity contribution < 1.29 is 0 Å². The van der Waals surface area contributed by atoms with Crippen molar-refractivity contribution in [2.24, 2.45) is 0 Å². The molecule has 6 heteroatoms. The molecule has 3 aromatic heterocycles. The first-order chi connectivity index (χ1) is 13.7. The Bertz CT molecular complexity index is 1280. The van der Waals surface area contributed by atoms with E-state index in [1.807, 2.05) is 57.6 Å². The molecule has 0 radical (unpaired) electrons. The quantitative estimate of drug-likeness (QED) is 0.428. The van der Waals surface area contributed by atoms with E-state index in [-0.39, 0.29) is 0 Å². The molecule has 0 unspecified atom stereocenters. The van der Waals surface area contributed by atoms with Crippen LogP contribution in [-0.2, 0) is 0 Å². The maximum atomic E-state index is 6.50. The monoisotopic (exact) mass is 385 g/mol. The smallest absolute Gasteiger partial charge is 0.187 e. The Morgan fingerprint density at radius 1 is 0.893 bits per heavy atom. The van der Waals surface area contributed by atoms with Gasteiger partial charge in [-0.2, -0.15) is 0 Å². The summed E-state index contributed by atoms with van der Waals surface area (Å²) in [5.74, 6) is 0.706. The van der Waals surface area contributed by atoms with E-state index in [1.54, 1.807) is 6.33 Å². The minimum absolute atomic E-state index is 0.647. The number of imidazole rings is 1. The number of hydrogen-bond acceptors (Lipinski definition) is 3. The normalized spacial score (nSPS) is 11.2. The SMILES string of the molecule is Cc1ccc(-n2cnnc2-c2c(-c3ccccc3Cl)nc3ccccn23)cc1. The maximum Gasteiger partial charge on any atom is 0.187 e. The van der Waals surface area contributed by atoms with Crippen LogP contribution in [0.5, 0.6) is 0 Å². The second kappa shape index (κ2) is 6.62. The second-order valence-corrected chi connectivity index (χ2v) is 6.99. The molecule has 0 atom stereocenters.